The van der Waals surface area contributed by atoms with Gasteiger partial charge in [0.15, 0.2) is 6.61 Å². The van der Waals surface area contributed by atoms with E-state index in [2.05, 4.69) is 4.98 Å². The number of aromatic nitrogens is 1. The Bertz CT molecular complexity index is 827. The van der Waals surface area contributed by atoms with Crippen LogP contribution in [-0.4, -0.2) is 59.4 Å². The van der Waals surface area contributed by atoms with Gasteiger partial charge in [-0.05, 0) is 37.3 Å². The zero-order chi connectivity index (χ0) is 19.2. The van der Waals surface area contributed by atoms with Crippen LogP contribution < -0.4 is 4.74 Å². The minimum atomic E-state index is -0.0921. The first-order chi connectivity index (χ1) is 13.0. The highest BCUT2D eigenvalue weighted by Gasteiger charge is 2.23. The first-order valence-corrected chi connectivity index (χ1v) is 9.82. The van der Waals surface area contributed by atoms with E-state index in [1.54, 1.807) is 51.5 Å². The lowest BCUT2D eigenvalue weighted by molar-refractivity contribution is -0.138. The summed E-state index contributed by atoms with van der Waals surface area (Å²) in [6, 6.07) is 6.88. The van der Waals surface area contributed by atoms with Gasteiger partial charge in [-0.3, -0.25) is 9.59 Å². The van der Waals surface area contributed by atoms with Gasteiger partial charge in [0, 0.05) is 42.7 Å². The summed E-state index contributed by atoms with van der Waals surface area (Å²) in [4.78, 5) is 32.3. The number of hydrogen-bond donors (Lipinski definition) is 0. The molecule has 0 N–H and O–H groups in total. The van der Waals surface area contributed by atoms with Crippen molar-refractivity contribution in [1.29, 1.82) is 0 Å². The Hall–Kier alpha value is -2.38. The molecule has 1 saturated heterocycles. The zero-order valence-electron chi connectivity index (χ0n) is 14.9. The predicted molar refractivity (Wildman–Crippen MR) is 106 cm³/mol. The highest BCUT2D eigenvalue weighted by Crippen LogP contribution is 2.16. The number of thiazole rings is 1. The molecule has 0 aliphatic carbocycles. The molecule has 1 aliphatic rings. The molecule has 1 aliphatic heterocycles. The normalized spacial score (nSPS) is 14.6. The van der Waals surface area contributed by atoms with E-state index in [1.807, 2.05) is 12.3 Å². The second-order valence-corrected chi connectivity index (χ2v) is 7.57. The maximum absolute atomic E-state index is 12.3. The summed E-state index contributed by atoms with van der Waals surface area (Å²) in [5, 5.41) is 3.50. The maximum Gasteiger partial charge on any atom is 0.260 e. The monoisotopic (exact) mass is 405 g/mol. The molecule has 2 heterocycles. The van der Waals surface area contributed by atoms with Crippen LogP contribution in [0.2, 0.25) is 5.02 Å². The van der Waals surface area contributed by atoms with Gasteiger partial charge in [-0.1, -0.05) is 11.6 Å². The van der Waals surface area contributed by atoms with Gasteiger partial charge in [-0.25, -0.2) is 4.98 Å². The molecular formula is C19H20ClN3O3S. The molecule has 0 saturated carbocycles. The van der Waals surface area contributed by atoms with Crippen LogP contribution in [0.25, 0.3) is 6.08 Å². The Labute approximate surface area is 167 Å². The van der Waals surface area contributed by atoms with E-state index in [1.165, 1.54) is 6.08 Å². The van der Waals surface area contributed by atoms with Crippen LogP contribution in [0.3, 0.4) is 0 Å². The Kier molecular flexibility index (Phi) is 6.47. The van der Waals surface area contributed by atoms with Crippen LogP contribution >= 0.6 is 22.9 Å². The van der Waals surface area contributed by atoms with Gasteiger partial charge in [0.1, 0.15) is 5.75 Å². The summed E-state index contributed by atoms with van der Waals surface area (Å²) in [6.07, 6.45) is 3.26. The third kappa shape index (κ3) is 5.55. The van der Waals surface area contributed by atoms with Crippen molar-refractivity contribution in [3.63, 3.8) is 0 Å². The van der Waals surface area contributed by atoms with Crippen LogP contribution in [0, 0.1) is 6.92 Å². The molecule has 6 nitrogen and oxygen atoms in total. The number of amides is 2. The van der Waals surface area contributed by atoms with Gasteiger partial charge < -0.3 is 14.5 Å². The molecule has 0 atom stereocenters. The van der Waals surface area contributed by atoms with Gasteiger partial charge in [-0.15, -0.1) is 11.3 Å². The fourth-order valence-corrected chi connectivity index (χ4v) is 3.37. The Balaban J connectivity index is 1.43. The van der Waals surface area contributed by atoms with Crippen LogP contribution in [0.15, 0.2) is 35.7 Å². The minimum Gasteiger partial charge on any atom is -0.484 e. The Morgan fingerprint density at radius 1 is 1.19 bits per heavy atom. The van der Waals surface area contributed by atoms with Gasteiger partial charge >= 0.3 is 0 Å². The largest absolute Gasteiger partial charge is 0.484 e. The van der Waals surface area contributed by atoms with Gasteiger partial charge in [0.25, 0.3) is 5.91 Å². The number of hydrogen-bond acceptors (Lipinski definition) is 5. The molecule has 142 valence electrons. The molecule has 3 rings (SSSR count). The summed E-state index contributed by atoms with van der Waals surface area (Å²) >= 11 is 7.37. The van der Waals surface area contributed by atoms with Gasteiger partial charge in [0.2, 0.25) is 5.91 Å². The molecular weight excluding hydrogens is 386 g/mol. The third-order valence-electron chi connectivity index (χ3n) is 4.15. The van der Waals surface area contributed by atoms with Crippen LogP contribution in [0.4, 0.5) is 0 Å². The van der Waals surface area contributed by atoms with Crippen LogP contribution in [-0.2, 0) is 9.59 Å². The first-order valence-electron chi connectivity index (χ1n) is 8.56. The van der Waals surface area contributed by atoms with Gasteiger partial charge in [-0.2, -0.15) is 0 Å². The molecule has 0 unspecified atom stereocenters. The van der Waals surface area contributed by atoms with Crippen molar-refractivity contribution in [2.45, 2.75) is 6.92 Å². The average molecular weight is 406 g/mol. The van der Waals surface area contributed by atoms with E-state index in [9.17, 15) is 9.59 Å². The minimum absolute atomic E-state index is 0.0291. The first kappa shape index (κ1) is 19.4. The number of nitrogens with zero attached hydrogens (tertiary/aromatic N) is 3. The lowest BCUT2D eigenvalue weighted by Crippen LogP contribution is -2.51. The SMILES string of the molecule is Cc1nc(/C=C/C(=O)N2CCN(C(=O)COc3ccc(Cl)cc3)CC2)cs1. The number of aryl methyl sites for hydroxylation is 1. The predicted octanol–water partition coefficient (Wildman–Crippen LogP) is 2.87. The number of carbonyl (C=O) groups is 2. The molecule has 1 fully saturated rings. The Morgan fingerprint density at radius 3 is 2.48 bits per heavy atom. The number of rotatable bonds is 5. The lowest BCUT2D eigenvalue weighted by Gasteiger charge is -2.34. The smallest absolute Gasteiger partial charge is 0.260 e. The van der Waals surface area contributed by atoms with E-state index < -0.39 is 0 Å². The zero-order valence-corrected chi connectivity index (χ0v) is 16.5. The second kappa shape index (κ2) is 9.01. The fraction of sp³-hybridized carbons (Fsp3) is 0.316. The van der Waals surface area contributed by atoms with Crippen molar-refractivity contribution < 1.29 is 14.3 Å². The number of halogens is 1. The fourth-order valence-electron chi connectivity index (χ4n) is 2.66. The molecule has 1 aromatic carbocycles. The van der Waals surface area contributed by atoms with E-state index in [0.29, 0.717) is 37.0 Å². The third-order valence-corrected chi connectivity index (χ3v) is 5.20. The second-order valence-electron chi connectivity index (χ2n) is 6.07. The molecule has 1 aromatic heterocycles. The molecule has 27 heavy (non-hydrogen) atoms. The van der Waals surface area contributed by atoms with Crippen molar-refractivity contribution in [2.24, 2.45) is 0 Å². The summed E-state index contributed by atoms with van der Waals surface area (Å²) < 4.78 is 5.49. The quantitative estimate of drug-likeness (QED) is 0.717. The van der Waals surface area contributed by atoms with Crippen molar-refractivity contribution in [1.82, 2.24) is 14.8 Å². The molecule has 2 amide bonds. The van der Waals surface area contributed by atoms with Crippen molar-refractivity contribution in [3.8, 4) is 5.75 Å². The standard InChI is InChI=1S/C19H20ClN3O3S/c1-14-21-16(13-27-14)4-7-18(24)22-8-10-23(11-9-22)19(25)12-26-17-5-2-15(20)3-6-17/h2-7,13H,8-12H2,1H3/b7-4+. The van der Waals surface area contributed by atoms with Crippen LogP contribution in [0.1, 0.15) is 10.7 Å². The lowest BCUT2D eigenvalue weighted by atomic mass is 10.3. The number of piperazine rings is 1. The summed E-state index contributed by atoms with van der Waals surface area (Å²) in [5.74, 6) is 0.444. The summed E-state index contributed by atoms with van der Waals surface area (Å²) in [6.45, 7) is 3.91. The highest BCUT2D eigenvalue weighted by atomic mass is 35.5. The van der Waals surface area contributed by atoms with E-state index in [-0.39, 0.29) is 18.4 Å². The average Bonchev–Trinajstić information content (AvgIpc) is 3.11. The molecule has 0 spiro atoms. The van der Waals surface area contributed by atoms with E-state index >= 15 is 0 Å². The topological polar surface area (TPSA) is 62.7 Å². The Morgan fingerprint density at radius 2 is 1.85 bits per heavy atom. The van der Waals surface area contributed by atoms with Crippen molar-refractivity contribution in [3.05, 3.63) is 51.4 Å². The number of carbonyl (C=O) groups excluding carboxylic acids is 2. The van der Waals surface area contributed by atoms with Crippen molar-refractivity contribution in [2.75, 3.05) is 32.8 Å². The summed E-state index contributed by atoms with van der Waals surface area (Å²) in [5.41, 5.74) is 0.791. The molecule has 8 heteroatoms. The van der Waals surface area contributed by atoms with Gasteiger partial charge in [0.05, 0.1) is 10.7 Å². The molecule has 2 aromatic rings. The van der Waals surface area contributed by atoms with Crippen LogP contribution in [0.5, 0.6) is 5.75 Å². The molecule has 0 radical (unpaired) electrons. The molecule has 0 bridgehead atoms. The maximum atomic E-state index is 12.3. The number of benzene rings is 1. The summed E-state index contributed by atoms with van der Waals surface area (Å²) in [7, 11) is 0. The van der Waals surface area contributed by atoms with Crippen molar-refractivity contribution >= 4 is 40.8 Å². The highest BCUT2D eigenvalue weighted by molar-refractivity contribution is 7.09. The van der Waals surface area contributed by atoms with E-state index in [0.717, 1.165) is 10.7 Å². The number of ether oxygens (including phenoxy) is 1. The van der Waals surface area contributed by atoms with E-state index in [4.69, 9.17) is 16.3 Å².